The van der Waals surface area contributed by atoms with Crippen LogP contribution in [0.1, 0.15) is 56.9 Å². The zero-order chi connectivity index (χ0) is 36.6. The molecule has 6 rings (SSSR count). The number of nitrogens with one attached hydrogen (secondary N) is 3. The quantitative estimate of drug-likeness (QED) is 0.360. The number of hydrogen-bond donors (Lipinski definition) is 3. The van der Waals surface area contributed by atoms with Gasteiger partial charge in [-0.15, -0.1) is 6.58 Å². The van der Waals surface area contributed by atoms with E-state index in [-0.39, 0.29) is 31.9 Å². The fraction of sp³-hybridized carbons (Fsp3) is 0.500. The number of carbonyl (C=O) groups excluding carboxylic acids is 4. The van der Waals surface area contributed by atoms with Crippen molar-refractivity contribution in [1.82, 2.24) is 25.2 Å². The number of pyridine rings is 1. The Balaban J connectivity index is 1.33. The second-order valence-electron chi connectivity index (χ2n) is 13.3. The average Bonchev–Trinajstić information content (AvgIpc) is 3.99. The van der Waals surface area contributed by atoms with E-state index >= 15 is 0 Å². The predicted octanol–water partition coefficient (Wildman–Crippen LogP) is 3.50. The number of sulfonamides is 1. The lowest BCUT2D eigenvalue weighted by Gasteiger charge is -2.30. The maximum absolute atomic E-state index is 14.0. The number of ether oxygens (including phenoxy) is 2. The number of carbonyl (C=O) groups is 4. The van der Waals surface area contributed by atoms with Gasteiger partial charge in [-0.05, 0) is 61.6 Å². The van der Waals surface area contributed by atoms with E-state index in [4.69, 9.17) is 9.47 Å². The van der Waals surface area contributed by atoms with Crippen LogP contribution in [0.3, 0.4) is 0 Å². The Morgan fingerprint density at radius 3 is 2.67 bits per heavy atom. The topological polar surface area (TPSA) is 173 Å². The van der Waals surface area contributed by atoms with Crippen molar-refractivity contribution >= 4 is 50.7 Å². The van der Waals surface area contributed by atoms with E-state index in [1.54, 1.807) is 6.07 Å². The highest BCUT2D eigenvalue weighted by Crippen LogP contribution is 2.45. The third kappa shape index (κ3) is 8.29. The number of benzene rings is 1. The number of halogens is 3. The maximum atomic E-state index is 14.0. The molecular weight excluding hydrogens is 695 g/mol. The van der Waals surface area contributed by atoms with Crippen LogP contribution in [0.4, 0.5) is 18.0 Å². The smallest absolute Gasteiger partial charge is 0.407 e. The van der Waals surface area contributed by atoms with Crippen LogP contribution in [0.5, 0.6) is 5.88 Å². The molecule has 4 amide bonds. The minimum atomic E-state index is -4.90. The van der Waals surface area contributed by atoms with Gasteiger partial charge in [-0.2, -0.15) is 13.2 Å². The molecule has 274 valence electrons. The Hall–Kier alpha value is -4.67. The van der Waals surface area contributed by atoms with Gasteiger partial charge in [-0.25, -0.2) is 18.2 Å². The van der Waals surface area contributed by atoms with Crippen molar-refractivity contribution < 1.29 is 50.2 Å². The molecule has 3 fully saturated rings. The van der Waals surface area contributed by atoms with Crippen molar-refractivity contribution in [1.29, 1.82) is 0 Å². The molecule has 2 aliphatic carbocycles. The standard InChI is InChI=1S/C34H38F3N5O8S/c1-2-22-17-33(22,31(45)41-51(47,48)24-10-11-24)40-28(43)27-16-23-19-42(27)30(44)26(18-34(35,36)37)39-32(46)49-14-6-4-3-5-7-20-8-9-21-12-13-38-29(50-23)25(21)15-20/h2,5,7-9,12-13,15,22-24,26-27H,1,3-4,6,10-11,14,16-19H2,(H,39,46)(H,40,43)(H,41,45)/b7-5+/t22-,23-,26-,27+,33-/m1/s1. The molecule has 0 unspecified atom stereocenters. The molecule has 1 saturated heterocycles. The largest absolute Gasteiger partial charge is 0.472 e. The second kappa shape index (κ2) is 14.2. The van der Waals surface area contributed by atoms with Gasteiger partial charge in [0, 0.05) is 23.9 Å². The fourth-order valence-electron chi connectivity index (χ4n) is 6.47. The molecule has 17 heteroatoms. The second-order valence-corrected chi connectivity index (χ2v) is 15.3. The first-order valence-electron chi connectivity index (χ1n) is 16.7. The Morgan fingerprint density at radius 1 is 1.18 bits per heavy atom. The maximum Gasteiger partial charge on any atom is 0.407 e. The first-order valence-corrected chi connectivity index (χ1v) is 18.3. The van der Waals surface area contributed by atoms with Gasteiger partial charge in [0.25, 0.3) is 5.91 Å². The summed E-state index contributed by atoms with van der Waals surface area (Å²) in [4.78, 5) is 59.1. The molecule has 2 saturated carbocycles. The molecule has 4 bridgehead atoms. The van der Waals surface area contributed by atoms with E-state index in [1.807, 2.05) is 40.4 Å². The normalized spacial score (nSPS) is 27.9. The van der Waals surface area contributed by atoms with Gasteiger partial charge in [-0.3, -0.25) is 19.1 Å². The van der Waals surface area contributed by atoms with Crippen LogP contribution in [0.2, 0.25) is 0 Å². The number of allylic oxidation sites excluding steroid dienone is 1. The van der Waals surface area contributed by atoms with Crippen LogP contribution in [0, 0.1) is 5.92 Å². The van der Waals surface area contributed by atoms with Crippen LogP contribution in [-0.4, -0.2) is 90.4 Å². The first kappa shape index (κ1) is 36.1. The lowest BCUT2D eigenvalue weighted by molar-refractivity contribution is -0.155. The number of alkyl halides is 3. The Morgan fingerprint density at radius 2 is 1.96 bits per heavy atom. The van der Waals surface area contributed by atoms with E-state index in [2.05, 4.69) is 16.9 Å². The summed E-state index contributed by atoms with van der Waals surface area (Å²) in [5, 5.41) is 5.29. The van der Waals surface area contributed by atoms with Gasteiger partial charge >= 0.3 is 12.3 Å². The van der Waals surface area contributed by atoms with Crippen LogP contribution < -0.4 is 20.1 Å². The van der Waals surface area contributed by atoms with Gasteiger partial charge in [-0.1, -0.05) is 30.4 Å². The van der Waals surface area contributed by atoms with Crippen LogP contribution in [-0.2, 0) is 29.1 Å². The highest BCUT2D eigenvalue weighted by molar-refractivity contribution is 7.91. The summed E-state index contributed by atoms with van der Waals surface area (Å²) in [6.07, 6.45) is 0.131. The van der Waals surface area contributed by atoms with Crippen LogP contribution in [0.25, 0.3) is 16.8 Å². The summed E-state index contributed by atoms with van der Waals surface area (Å²) in [5.74, 6) is -3.61. The molecule has 1 aromatic carbocycles. The van der Waals surface area contributed by atoms with Crippen LogP contribution >= 0.6 is 0 Å². The third-order valence-corrected chi connectivity index (χ3v) is 11.3. The molecule has 2 aromatic rings. The number of amides is 4. The molecule has 3 N–H and O–H groups in total. The molecule has 4 aliphatic rings. The summed E-state index contributed by atoms with van der Waals surface area (Å²) in [7, 11) is -3.99. The van der Waals surface area contributed by atoms with Gasteiger partial charge in [0.1, 0.15) is 23.7 Å². The number of rotatable bonds is 7. The summed E-state index contributed by atoms with van der Waals surface area (Å²) >= 11 is 0. The van der Waals surface area contributed by atoms with Gasteiger partial charge in [0.2, 0.25) is 27.7 Å². The fourth-order valence-corrected chi connectivity index (χ4v) is 7.84. The monoisotopic (exact) mass is 733 g/mol. The molecule has 51 heavy (non-hydrogen) atoms. The SMILES string of the molecule is C=C[C@@H]1C[C@]1(NC(=O)[C@@H]1C[C@@H]2CN1C(=O)[C@@H](CC(F)(F)F)NC(=O)OCCCC/C=C/c1ccc3ccnc(c3c1)O2)C(=O)NS(=O)(=O)C1CC1. The molecule has 5 atom stereocenters. The number of alkyl carbamates (subject to hydrolysis) is 1. The summed E-state index contributed by atoms with van der Waals surface area (Å²) in [5.41, 5.74) is -0.869. The van der Waals surface area contributed by atoms with E-state index in [9.17, 15) is 40.8 Å². The van der Waals surface area contributed by atoms with Crippen molar-refractivity contribution in [3.63, 3.8) is 0 Å². The van der Waals surface area contributed by atoms with Gasteiger partial charge < -0.3 is 25.0 Å². The molecule has 13 nitrogen and oxygen atoms in total. The predicted molar refractivity (Wildman–Crippen MR) is 177 cm³/mol. The number of fused-ring (bicyclic) bond motifs is 3. The van der Waals surface area contributed by atoms with E-state index in [0.717, 1.165) is 15.8 Å². The van der Waals surface area contributed by atoms with Gasteiger partial charge in [0.15, 0.2) is 0 Å². The molecule has 0 radical (unpaired) electrons. The highest BCUT2D eigenvalue weighted by Gasteiger charge is 2.62. The van der Waals surface area contributed by atoms with Crippen molar-refractivity contribution in [3.8, 4) is 5.88 Å². The molecular formula is C34H38F3N5O8S. The van der Waals surface area contributed by atoms with Crippen molar-refractivity contribution in [2.45, 2.75) is 86.5 Å². The minimum absolute atomic E-state index is 0.00958. The van der Waals surface area contributed by atoms with Crippen molar-refractivity contribution in [2.75, 3.05) is 13.2 Å². The van der Waals surface area contributed by atoms with E-state index in [0.29, 0.717) is 37.5 Å². The molecule has 2 aliphatic heterocycles. The Labute approximate surface area is 292 Å². The Kier molecular flexibility index (Phi) is 10.0. The lowest BCUT2D eigenvalue weighted by atomic mass is 10.1. The molecule has 3 heterocycles. The number of aromatic nitrogens is 1. The van der Waals surface area contributed by atoms with Crippen LogP contribution in [0.15, 0.2) is 49.2 Å². The number of hydrogen-bond acceptors (Lipinski definition) is 9. The zero-order valence-electron chi connectivity index (χ0n) is 27.5. The highest BCUT2D eigenvalue weighted by atomic mass is 32.2. The minimum Gasteiger partial charge on any atom is -0.472 e. The molecule has 0 spiro atoms. The zero-order valence-corrected chi connectivity index (χ0v) is 28.3. The summed E-state index contributed by atoms with van der Waals surface area (Å²) in [6.45, 7) is 3.19. The average molecular weight is 734 g/mol. The molecule has 1 aromatic heterocycles. The van der Waals surface area contributed by atoms with E-state index in [1.165, 1.54) is 12.3 Å². The lowest BCUT2D eigenvalue weighted by Crippen LogP contribution is -2.58. The van der Waals surface area contributed by atoms with Gasteiger partial charge in [0.05, 0.1) is 24.8 Å². The first-order chi connectivity index (χ1) is 24.2. The third-order valence-electron chi connectivity index (χ3n) is 9.46. The summed E-state index contributed by atoms with van der Waals surface area (Å²) < 4.78 is 79.9. The van der Waals surface area contributed by atoms with E-state index < -0.39 is 81.3 Å². The number of nitrogens with zero attached hydrogens (tertiary/aromatic N) is 2. The summed E-state index contributed by atoms with van der Waals surface area (Å²) in [6, 6.07) is 3.78. The Bertz CT molecular complexity index is 1870. The van der Waals surface area contributed by atoms with Crippen molar-refractivity contribution in [3.05, 3.63) is 54.8 Å². The van der Waals surface area contributed by atoms with Crippen molar-refractivity contribution in [2.24, 2.45) is 5.92 Å². The number of cyclic esters (lactones) is 1.